The van der Waals surface area contributed by atoms with Gasteiger partial charge in [-0.1, -0.05) is 212 Å². The Balaban J connectivity index is 1.84. The first-order valence-electron chi connectivity index (χ1n) is 21.1. The molecule has 0 aliphatic heterocycles. The molecule has 3 nitrogen and oxygen atoms in total. The minimum absolute atomic E-state index is 0.0431. The molecular formula is C44H80O3. The van der Waals surface area contributed by atoms with Crippen molar-refractivity contribution in [2.45, 2.75) is 226 Å². The Labute approximate surface area is 294 Å². The predicted octanol–water partition coefficient (Wildman–Crippen LogP) is 14.7. The zero-order valence-electron chi connectivity index (χ0n) is 31.8. The SMILES string of the molecule is CCCCCCCCCCCCCCCCCCOc1ccc(CCOC(=O)CCCCCCCCCCCCCCCCC)cc1. The summed E-state index contributed by atoms with van der Waals surface area (Å²) in [5.41, 5.74) is 1.19. The summed E-state index contributed by atoms with van der Waals surface area (Å²) in [5.74, 6) is 0.901. The number of unbranched alkanes of at least 4 members (excludes halogenated alkanes) is 29. The van der Waals surface area contributed by atoms with Crippen LogP contribution in [0.1, 0.15) is 225 Å². The van der Waals surface area contributed by atoms with Crippen LogP contribution in [0.3, 0.4) is 0 Å². The van der Waals surface area contributed by atoms with Crippen LogP contribution in [0, 0.1) is 0 Å². The molecule has 3 heteroatoms. The lowest BCUT2D eigenvalue weighted by molar-refractivity contribution is -0.143. The standard InChI is InChI=1S/C44H80O3/c1-3-5-7-9-11-13-15-17-19-21-23-25-27-29-31-33-40-46-43-37-35-42(36-38-43)39-41-47-44(45)34-32-30-28-26-24-22-20-18-16-14-12-10-8-6-4-2/h35-38H,3-34,39-41H2,1-2H3. The van der Waals surface area contributed by atoms with Gasteiger partial charge in [0.1, 0.15) is 5.75 Å². The molecule has 0 aromatic heterocycles. The van der Waals surface area contributed by atoms with Crippen molar-refractivity contribution in [1.82, 2.24) is 0 Å². The summed E-state index contributed by atoms with van der Waals surface area (Å²) < 4.78 is 11.4. The molecule has 0 fully saturated rings. The summed E-state index contributed by atoms with van der Waals surface area (Å²) in [4.78, 5) is 12.1. The third-order valence-electron chi connectivity index (χ3n) is 9.83. The van der Waals surface area contributed by atoms with Gasteiger partial charge in [-0.3, -0.25) is 4.79 Å². The number of rotatable bonds is 37. The minimum Gasteiger partial charge on any atom is -0.494 e. The Hall–Kier alpha value is -1.51. The first-order chi connectivity index (χ1) is 23.3. The van der Waals surface area contributed by atoms with Crippen LogP contribution in [-0.2, 0) is 16.0 Å². The third kappa shape index (κ3) is 31.5. The Morgan fingerprint density at radius 1 is 0.426 bits per heavy atom. The highest BCUT2D eigenvalue weighted by atomic mass is 16.5. The van der Waals surface area contributed by atoms with Crippen molar-refractivity contribution in [1.29, 1.82) is 0 Å². The van der Waals surface area contributed by atoms with Crippen LogP contribution in [0.25, 0.3) is 0 Å². The first-order valence-corrected chi connectivity index (χ1v) is 21.1. The van der Waals surface area contributed by atoms with E-state index >= 15 is 0 Å². The van der Waals surface area contributed by atoms with Crippen molar-refractivity contribution in [3.05, 3.63) is 29.8 Å². The first kappa shape index (κ1) is 43.5. The van der Waals surface area contributed by atoms with Crippen molar-refractivity contribution < 1.29 is 14.3 Å². The zero-order chi connectivity index (χ0) is 33.7. The fourth-order valence-electron chi connectivity index (χ4n) is 6.59. The average molecular weight is 657 g/mol. The maximum absolute atomic E-state index is 12.1. The summed E-state index contributed by atoms with van der Waals surface area (Å²) >= 11 is 0. The van der Waals surface area contributed by atoms with Gasteiger partial charge in [0, 0.05) is 12.8 Å². The second-order valence-corrected chi connectivity index (χ2v) is 14.5. The van der Waals surface area contributed by atoms with Crippen LogP contribution in [-0.4, -0.2) is 19.2 Å². The van der Waals surface area contributed by atoms with Gasteiger partial charge in [0.15, 0.2) is 0 Å². The van der Waals surface area contributed by atoms with E-state index in [0.29, 0.717) is 13.0 Å². The van der Waals surface area contributed by atoms with Gasteiger partial charge in [-0.05, 0) is 30.5 Å². The largest absolute Gasteiger partial charge is 0.494 e. The molecule has 1 aromatic carbocycles. The van der Waals surface area contributed by atoms with E-state index in [1.165, 1.54) is 185 Å². The number of carbonyl (C=O) groups is 1. The minimum atomic E-state index is -0.0431. The molecule has 0 N–H and O–H groups in total. The van der Waals surface area contributed by atoms with Crippen molar-refractivity contribution in [3.63, 3.8) is 0 Å². The van der Waals surface area contributed by atoms with E-state index in [1.54, 1.807) is 0 Å². The van der Waals surface area contributed by atoms with E-state index in [1.807, 2.05) is 0 Å². The maximum atomic E-state index is 12.1. The van der Waals surface area contributed by atoms with Gasteiger partial charge in [0.2, 0.25) is 0 Å². The molecule has 0 saturated carbocycles. The van der Waals surface area contributed by atoms with Crippen molar-refractivity contribution >= 4 is 5.97 Å². The zero-order valence-corrected chi connectivity index (χ0v) is 31.8. The lowest BCUT2D eigenvalue weighted by atomic mass is 10.0. The number of hydrogen-bond donors (Lipinski definition) is 0. The molecule has 0 amide bonds. The quantitative estimate of drug-likeness (QED) is 0.0528. The number of ether oxygens (including phenoxy) is 2. The molecule has 274 valence electrons. The molecule has 0 unspecified atom stereocenters. The normalized spacial score (nSPS) is 11.3. The topological polar surface area (TPSA) is 35.5 Å². The van der Waals surface area contributed by atoms with Gasteiger partial charge in [-0.15, -0.1) is 0 Å². The van der Waals surface area contributed by atoms with Gasteiger partial charge < -0.3 is 9.47 Å². The summed E-state index contributed by atoms with van der Waals surface area (Å²) in [7, 11) is 0. The molecule has 0 atom stereocenters. The molecule has 47 heavy (non-hydrogen) atoms. The highest BCUT2D eigenvalue weighted by Gasteiger charge is 2.04. The Morgan fingerprint density at radius 3 is 1.15 bits per heavy atom. The number of carbonyl (C=O) groups excluding carboxylic acids is 1. The second-order valence-electron chi connectivity index (χ2n) is 14.5. The predicted molar refractivity (Wildman–Crippen MR) is 206 cm³/mol. The lowest BCUT2D eigenvalue weighted by Gasteiger charge is -2.08. The molecule has 0 radical (unpaired) electrons. The summed E-state index contributed by atoms with van der Waals surface area (Å²) in [5, 5.41) is 0. The highest BCUT2D eigenvalue weighted by molar-refractivity contribution is 5.69. The van der Waals surface area contributed by atoms with Crippen LogP contribution in [0.15, 0.2) is 24.3 Å². The number of benzene rings is 1. The summed E-state index contributed by atoms with van der Waals surface area (Å²) in [6.45, 7) is 5.85. The van der Waals surface area contributed by atoms with Gasteiger partial charge in [0.05, 0.1) is 13.2 Å². The third-order valence-corrected chi connectivity index (χ3v) is 9.83. The van der Waals surface area contributed by atoms with Crippen LogP contribution < -0.4 is 4.74 Å². The van der Waals surface area contributed by atoms with Crippen LogP contribution in [0.5, 0.6) is 5.75 Å². The van der Waals surface area contributed by atoms with Crippen molar-refractivity contribution in [2.24, 2.45) is 0 Å². The van der Waals surface area contributed by atoms with E-state index in [2.05, 4.69) is 38.1 Å². The fraction of sp³-hybridized carbons (Fsp3) is 0.841. The van der Waals surface area contributed by atoms with Gasteiger partial charge in [-0.25, -0.2) is 0 Å². The van der Waals surface area contributed by atoms with Crippen LogP contribution >= 0.6 is 0 Å². The van der Waals surface area contributed by atoms with E-state index in [0.717, 1.165) is 38.0 Å². The monoisotopic (exact) mass is 657 g/mol. The molecule has 0 saturated heterocycles. The molecule has 0 aliphatic carbocycles. The highest BCUT2D eigenvalue weighted by Crippen LogP contribution is 2.17. The van der Waals surface area contributed by atoms with Crippen molar-refractivity contribution in [3.8, 4) is 5.75 Å². The molecule has 1 rings (SSSR count). The van der Waals surface area contributed by atoms with E-state index < -0.39 is 0 Å². The molecule has 1 aromatic rings. The Bertz CT molecular complexity index is 758. The van der Waals surface area contributed by atoms with Crippen LogP contribution in [0.4, 0.5) is 0 Å². The van der Waals surface area contributed by atoms with Gasteiger partial charge in [-0.2, -0.15) is 0 Å². The molecular weight excluding hydrogens is 576 g/mol. The van der Waals surface area contributed by atoms with Crippen molar-refractivity contribution in [2.75, 3.05) is 13.2 Å². The smallest absolute Gasteiger partial charge is 0.305 e. The lowest BCUT2D eigenvalue weighted by Crippen LogP contribution is -2.07. The Morgan fingerprint density at radius 2 is 0.766 bits per heavy atom. The average Bonchev–Trinajstić information content (AvgIpc) is 3.08. The second kappa shape index (κ2) is 35.8. The molecule has 0 bridgehead atoms. The number of hydrogen-bond acceptors (Lipinski definition) is 3. The van der Waals surface area contributed by atoms with Crippen LogP contribution in [0.2, 0.25) is 0 Å². The fourth-order valence-corrected chi connectivity index (χ4v) is 6.59. The van der Waals surface area contributed by atoms with Gasteiger partial charge >= 0.3 is 5.97 Å². The van der Waals surface area contributed by atoms with E-state index in [4.69, 9.17) is 9.47 Å². The molecule has 0 spiro atoms. The summed E-state index contributed by atoms with van der Waals surface area (Å²) in [6, 6.07) is 8.31. The number of esters is 1. The molecule has 0 aliphatic rings. The van der Waals surface area contributed by atoms with E-state index in [-0.39, 0.29) is 5.97 Å². The van der Waals surface area contributed by atoms with Gasteiger partial charge in [0.25, 0.3) is 0 Å². The molecule has 0 heterocycles. The summed E-state index contributed by atoms with van der Waals surface area (Å²) in [6.07, 6.45) is 43.7. The maximum Gasteiger partial charge on any atom is 0.305 e. The van der Waals surface area contributed by atoms with E-state index in [9.17, 15) is 4.79 Å². The Kier molecular flexibility index (Phi) is 33.1.